The molecule has 0 fully saturated rings. The van der Waals surface area contributed by atoms with Crippen LogP contribution in [0.15, 0.2) is 65.3 Å². The van der Waals surface area contributed by atoms with E-state index in [-0.39, 0.29) is 55.4 Å². The van der Waals surface area contributed by atoms with Gasteiger partial charge in [0.05, 0.1) is 29.5 Å². The first-order chi connectivity index (χ1) is 15.9. The van der Waals surface area contributed by atoms with Crippen molar-refractivity contribution in [3.8, 4) is 0 Å². The number of ether oxygens (including phenoxy) is 1. The summed E-state index contributed by atoms with van der Waals surface area (Å²) < 4.78 is 23.8. The van der Waals surface area contributed by atoms with Crippen LogP contribution < -0.4 is 0 Å². The molecule has 174 valence electrons. The van der Waals surface area contributed by atoms with Gasteiger partial charge in [-0.1, -0.05) is 35.3 Å². The zero-order valence-corrected chi connectivity index (χ0v) is 19.5. The van der Waals surface area contributed by atoms with Gasteiger partial charge in [-0.15, -0.1) is 0 Å². The fraction of sp³-hybridized carbons (Fsp3) is 0.250. The highest BCUT2D eigenvalue weighted by molar-refractivity contribution is 6.42. The largest absolute Gasteiger partial charge is 0.467 e. The lowest BCUT2D eigenvalue weighted by molar-refractivity contribution is -0.133. The fourth-order valence-corrected chi connectivity index (χ4v) is 3.46. The fourth-order valence-electron chi connectivity index (χ4n) is 3.16. The first-order valence-electron chi connectivity index (χ1n) is 10.1. The van der Waals surface area contributed by atoms with Crippen LogP contribution in [0.2, 0.25) is 10.0 Å². The lowest BCUT2D eigenvalue weighted by Gasteiger charge is -2.27. The maximum atomic E-state index is 13.3. The third-order valence-electron chi connectivity index (χ3n) is 4.91. The average Bonchev–Trinajstić information content (AvgIpc) is 3.32. The SMILES string of the molecule is COCCN(CC(=O)N(Cc1ccc(F)cc1)Cc1ccco1)C(=O)c1ccc(Cl)c(Cl)c1. The molecule has 0 aliphatic rings. The third-order valence-corrected chi connectivity index (χ3v) is 5.65. The van der Waals surface area contributed by atoms with E-state index in [4.69, 9.17) is 32.4 Å². The molecule has 3 aromatic rings. The van der Waals surface area contributed by atoms with Crippen molar-refractivity contribution in [2.45, 2.75) is 13.1 Å². The van der Waals surface area contributed by atoms with Crippen LogP contribution >= 0.6 is 23.2 Å². The summed E-state index contributed by atoms with van der Waals surface area (Å²) in [6, 6.07) is 13.9. The van der Waals surface area contributed by atoms with Gasteiger partial charge in [-0.25, -0.2) is 4.39 Å². The van der Waals surface area contributed by atoms with Crippen LogP contribution in [0, 0.1) is 5.82 Å². The number of rotatable bonds is 10. The van der Waals surface area contributed by atoms with E-state index in [1.54, 1.807) is 35.2 Å². The van der Waals surface area contributed by atoms with E-state index in [0.717, 1.165) is 5.56 Å². The summed E-state index contributed by atoms with van der Waals surface area (Å²) in [5.74, 6) is -0.454. The Morgan fingerprint density at radius 3 is 2.39 bits per heavy atom. The van der Waals surface area contributed by atoms with Crippen LogP contribution in [-0.4, -0.2) is 48.4 Å². The van der Waals surface area contributed by atoms with E-state index in [2.05, 4.69) is 0 Å². The second-order valence-corrected chi connectivity index (χ2v) is 8.12. The van der Waals surface area contributed by atoms with Crippen molar-refractivity contribution in [1.29, 1.82) is 0 Å². The minimum absolute atomic E-state index is 0.190. The standard InChI is InChI=1S/C24H23Cl2FN2O4/c1-32-12-10-28(24(31)18-6-9-21(25)22(26)13-18)16-23(30)29(15-20-3-2-11-33-20)14-17-4-7-19(27)8-5-17/h2-9,11,13H,10,12,14-16H2,1H3. The molecule has 0 saturated carbocycles. The second-order valence-electron chi connectivity index (χ2n) is 7.30. The molecule has 1 heterocycles. The van der Waals surface area contributed by atoms with Crippen LogP contribution in [0.3, 0.4) is 0 Å². The Kier molecular flexibility index (Phi) is 8.88. The molecule has 2 amide bonds. The molecule has 0 unspecified atom stereocenters. The monoisotopic (exact) mass is 492 g/mol. The first kappa shape index (κ1) is 24.8. The number of carbonyl (C=O) groups excluding carboxylic acids is 2. The molecule has 0 N–H and O–H groups in total. The molecule has 0 aliphatic heterocycles. The summed E-state index contributed by atoms with van der Waals surface area (Å²) in [6.45, 7) is 0.675. The normalized spacial score (nSPS) is 10.8. The summed E-state index contributed by atoms with van der Waals surface area (Å²) >= 11 is 12.0. The zero-order chi connectivity index (χ0) is 23.8. The van der Waals surface area contributed by atoms with Gasteiger partial charge in [0.25, 0.3) is 5.91 Å². The minimum atomic E-state index is -0.376. The lowest BCUT2D eigenvalue weighted by atomic mass is 10.2. The molecule has 0 saturated heterocycles. The quantitative estimate of drug-likeness (QED) is 0.397. The van der Waals surface area contributed by atoms with Gasteiger partial charge in [-0.3, -0.25) is 9.59 Å². The smallest absolute Gasteiger partial charge is 0.254 e. The predicted octanol–water partition coefficient (Wildman–Crippen LogP) is 5.04. The van der Waals surface area contributed by atoms with Crippen molar-refractivity contribution in [2.75, 3.05) is 26.8 Å². The number of nitrogens with zero attached hydrogens (tertiary/aromatic N) is 2. The van der Waals surface area contributed by atoms with Crippen molar-refractivity contribution < 1.29 is 23.1 Å². The molecule has 0 spiro atoms. The van der Waals surface area contributed by atoms with Crippen molar-refractivity contribution in [1.82, 2.24) is 9.80 Å². The Labute approximate surface area is 201 Å². The molecule has 0 atom stereocenters. The minimum Gasteiger partial charge on any atom is -0.467 e. The Morgan fingerprint density at radius 1 is 1.00 bits per heavy atom. The molecular formula is C24H23Cl2FN2O4. The van der Waals surface area contributed by atoms with Gasteiger partial charge < -0.3 is 19.0 Å². The van der Waals surface area contributed by atoms with Crippen LogP contribution in [0.25, 0.3) is 0 Å². The molecule has 0 aliphatic carbocycles. The molecule has 0 radical (unpaired) electrons. The number of hydrogen-bond acceptors (Lipinski definition) is 4. The molecule has 9 heteroatoms. The number of benzene rings is 2. The summed E-state index contributed by atoms with van der Waals surface area (Å²) in [6.07, 6.45) is 1.52. The molecule has 33 heavy (non-hydrogen) atoms. The number of furan rings is 1. The topological polar surface area (TPSA) is 63.0 Å². The Bertz CT molecular complexity index is 1070. The summed E-state index contributed by atoms with van der Waals surface area (Å²) in [5, 5.41) is 0.577. The lowest BCUT2D eigenvalue weighted by Crippen LogP contribution is -2.43. The Balaban J connectivity index is 1.80. The van der Waals surface area contributed by atoms with Crippen LogP contribution in [-0.2, 0) is 22.6 Å². The number of methoxy groups -OCH3 is 1. The van der Waals surface area contributed by atoms with E-state index < -0.39 is 0 Å². The molecule has 6 nitrogen and oxygen atoms in total. The number of halogens is 3. The Morgan fingerprint density at radius 2 is 1.76 bits per heavy atom. The maximum Gasteiger partial charge on any atom is 0.254 e. The van der Waals surface area contributed by atoms with Gasteiger partial charge in [0.2, 0.25) is 5.91 Å². The van der Waals surface area contributed by atoms with Gasteiger partial charge >= 0.3 is 0 Å². The van der Waals surface area contributed by atoms with Crippen molar-refractivity contribution >= 4 is 35.0 Å². The number of amides is 2. The van der Waals surface area contributed by atoms with E-state index in [0.29, 0.717) is 16.3 Å². The van der Waals surface area contributed by atoms with E-state index in [1.165, 1.54) is 42.5 Å². The average molecular weight is 493 g/mol. The molecule has 1 aromatic heterocycles. The molecule has 0 bridgehead atoms. The van der Waals surface area contributed by atoms with Gasteiger partial charge in [0.15, 0.2) is 0 Å². The van der Waals surface area contributed by atoms with Crippen LogP contribution in [0.4, 0.5) is 4.39 Å². The highest BCUT2D eigenvalue weighted by Gasteiger charge is 2.24. The van der Waals surface area contributed by atoms with E-state index in [1.807, 2.05) is 0 Å². The van der Waals surface area contributed by atoms with Gasteiger partial charge in [-0.05, 0) is 48.0 Å². The highest BCUT2D eigenvalue weighted by atomic mass is 35.5. The van der Waals surface area contributed by atoms with Crippen molar-refractivity contribution in [3.05, 3.63) is 93.6 Å². The zero-order valence-electron chi connectivity index (χ0n) is 18.0. The predicted molar refractivity (Wildman–Crippen MR) is 124 cm³/mol. The van der Waals surface area contributed by atoms with Crippen LogP contribution in [0.1, 0.15) is 21.7 Å². The third kappa shape index (κ3) is 7.05. The molecular weight excluding hydrogens is 470 g/mol. The van der Waals surface area contributed by atoms with Gasteiger partial charge in [-0.2, -0.15) is 0 Å². The number of carbonyl (C=O) groups is 2. The summed E-state index contributed by atoms with van der Waals surface area (Å²) in [5.41, 5.74) is 1.06. The van der Waals surface area contributed by atoms with Crippen molar-refractivity contribution in [3.63, 3.8) is 0 Å². The van der Waals surface area contributed by atoms with E-state index >= 15 is 0 Å². The second kappa shape index (κ2) is 11.8. The Hall–Kier alpha value is -2.87. The highest BCUT2D eigenvalue weighted by Crippen LogP contribution is 2.23. The first-order valence-corrected chi connectivity index (χ1v) is 10.9. The van der Waals surface area contributed by atoms with Gasteiger partial charge in [0.1, 0.15) is 18.1 Å². The van der Waals surface area contributed by atoms with Crippen LogP contribution in [0.5, 0.6) is 0 Å². The summed E-state index contributed by atoms with van der Waals surface area (Å²) in [4.78, 5) is 29.4. The number of hydrogen-bond donors (Lipinski definition) is 0. The molecule has 2 aromatic carbocycles. The van der Waals surface area contributed by atoms with E-state index in [9.17, 15) is 14.0 Å². The maximum absolute atomic E-state index is 13.3. The van der Waals surface area contributed by atoms with Crippen molar-refractivity contribution in [2.24, 2.45) is 0 Å². The van der Waals surface area contributed by atoms with Gasteiger partial charge in [0, 0.05) is 25.8 Å². The molecule has 3 rings (SSSR count). The summed E-state index contributed by atoms with van der Waals surface area (Å²) in [7, 11) is 1.52.